The lowest BCUT2D eigenvalue weighted by Gasteiger charge is -2.25. The van der Waals surface area contributed by atoms with Crippen LogP contribution < -0.4 is 0 Å². The number of nitrogens with zero attached hydrogens (tertiary/aromatic N) is 4. The van der Waals surface area contributed by atoms with Crippen molar-refractivity contribution in [1.82, 2.24) is 14.7 Å². The fourth-order valence-electron chi connectivity index (χ4n) is 3.85. The number of rotatable bonds is 6. The molecule has 1 aromatic heterocycles. The van der Waals surface area contributed by atoms with Crippen LogP contribution >= 0.6 is 11.6 Å². The topological polar surface area (TPSA) is 51.7 Å². The largest absolute Gasteiger partial charge is 0.360 e. The molecule has 0 saturated carbocycles. The lowest BCUT2D eigenvalue weighted by Crippen LogP contribution is -2.34. The average molecular weight is 467 g/mol. The second-order valence-corrected chi connectivity index (χ2v) is 15.5. The fourth-order valence-corrected chi connectivity index (χ4v) is 4.81. The predicted octanol–water partition coefficient (Wildman–Crippen LogP) is 5.85. The number of likely N-dealkylation sites (N-methyl/N-ethyl adjacent to an activating group) is 1. The van der Waals surface area contributed by atoms with Crippen LogP contribution in [0.1, 0.15) is 15.9 Å². The number of amides is 1. The Bertz CT molecular complexity index is 1240. The summed E-state index contributed by atoms with van der Waals surface area (Å²) in [7, 11) is 0.632. The number of ether oxygens (including phenoxy) is 1. The third-order valence-electron chi connectivity index (χ3n) is 5.83. The monoisotopic (exact) mass is 466 g/mol. The van der Waals surface area contributed by atoms with Crippen LogP contribution in [0, 0.1) is 6.57 Å². The van der Waals surface area contributed by atoms with Gasteiger partial charge in [0.1, 0.15) is 12.4 Å². The first-order valence-corrected chi connectivity index (χ1v) is 14.8. The second kappa shape index (κ2) is 8.70. The van der Waals surface area contributed by atoms with Crippen molar-refractivity contribution >= 4 is 42.2 Å². The van der Waals surface area contributed by atoms with Crippen molar-refractivity contribution in [2.45, 2.75) is 38.8 Å². The molecule has 166 valence electrons. The van der Waals surface area contributed by atoms with Gasteiger partial charge in [0.05, 0.1) is 12.1 Å². The highest BCUT2D eigenvalue weighted by Crippen LogP contribution is 2.36. The Kier molecular flexibility index (Phi) is 6.12. The molecule has 0 unspecified atom stereocenters. The van der Waals surface area contributed by atoms with Gasteiger partial charge in [0.15, 0.2) is 0 Å². The summed E-state index contributed by atoms with van der Waals surface area (Å²) in [6, 6.07) is 10.6. The lowest BCUT2D eigenvalue weighted by atomic mass is 9.95. The van der Waals surface area contributed by atoms with Crippen LogP contribution in [0.3, 0.4) is 0 Å². The van der Waals surface area contributed by atoms with Crippen LogP contribution in [0.5, 0.6) is 0 Å². The summed E-state index contributed by atoms with van der Waals surface area (Å²) in [5, 5.41) is 6.05. The van der Waals surface area contributed by atoms with E-state index in [9.17, 15) is 4.79 Å². The van der Waals surface area contributed by atoms with Gasteiger partial charge in [0.2, 0.25) is 5.69 Å². The highest BCUT2D eigenvalue weighted by atomic mass is 35.5. The molecule has 2 heterocycles. The number of hydrogen-bond acceptors (Lipinski definition) is 3. The standard InChI is InChI=1S/C24H27ClN4O2Si/c1-26-21-14-22-19(13-20(21)25)23(27-29(22)15-31-10-11-32(3,4)5)17-7-6-16-8-9-28(2)24(30)18(16)12-17/h6-7,12-14H,8-11,15H2,2-5H3. The molecule has 0 bridgehead atoms. The van der Waals surface area contributed by atoms with Gasteiger partial charge >= 0.3 is 0 Å². The summed E-state index contributed by atoms with van der Waals surface area (Å²) in [6.07, 6.45) is 0.845. The molecular weight excluding hydrogens is 440 g/mol. The zero-order valence-electron chi connectivity index (χ0n) is 18.9. The van der Waals surface area contributed by atoms with Crippen molar-refractivity contribution < 1.29 is 9.53 Å². The number of fused-ring (bicyclic) bond motifs is 2. The smallest absolute Gasteiger partial charge is 0.253 e. The quantitative estimate of drug-likeness (QED) is 0.260. The molecule has 3 aromatic rings. The minimum atomic E-state index is -1.19. The molecule has 6 nitrogen and oxygen atoms in total. The maximum absolute atomic E-state index is 12.7. The predicted molar refractivity (Wildman–Crippen MR) is 131 cm³/mol. The SMILES string of the molecule is [C-]#[N+]c1cc2c(cc1Cl)c(-c1ccc3c(c1)C(=O)N(C)CC3)nn2COCC[Si](C)(C)C. The first-order chi connectivity index (χ1) is 15.2. The molecule has 0 radical (unpaired) electrons. The zero-order valence-corrected chi connectivity index (χ0v) is 20.7. The van der Waals surface area contributed by atoms with Gasteiger partial charge in [-0.2, -0.15) is 5.10 Å². The number of benzene rings is 2. The molecule has 1 aliphatic heterocycles. The van der Waals surface area contributed by atoms with E-state index < -0.39 is 8.07 Å². The molecule has 8 heteroatoms. The maximum atomic E-state index is 12.7. The van der Waals surface area contributed by atoms with Crippen molar-refractivity contribution in [3.05, 3.63) is 57.9 Å². The number of halogens is 1. The number of hydrogen-bond donors (Lipinski definition) is 0. The molecular formula is C24H27ClN4O2Si. The van der Waals surface area contributed by atoms with Gasteiger partial charge in [0, 0.05) is 49.8 Å². The molecule has 0 atom stereocenters. The molecule has 0 spiro atoms. The Morgan fingerprint density at radius 3 is 2.75 bits per heavy atom. The first kappa shape index (κ1) is 22.5. The van der Waals surface area contributed by atoms with E-state index in [2.05, 4.69) is 24.5 Å². The fraction of sp³-hybridized carbons (Fsp3) is 0.375. The number of carbonyl (C=O) groups is 1. The normalized spacial score (nSPS) is 14.0. The Hall–Kier alpha value is -2.66. The van der Waals surface area contributed by atoms with Crippen molar-refractivity contribution in [2.75, 3.05) is 20.2 Å². The summed E-state index contributed by atoms with van der Waals surface area (Å²) in [6.45, 7) is 16.1. The van der Waals surface area contributed by atoms with Crippen molar-refractivity contribution in [3.8, 4) is 11.3 Å². The molecule has 2 aromatic carbocycles. The van der Waals surface area contributed by atoms with E-state index in [1.54, 1.807) is 21.7 Å². The summed E-state index contributed by atoms with van der Waals surface area (Å²) < 4.78 is 7.73. The van der Waals surface area contributed by atoms with Crippen LogP contribution in [-0.4, -0.2) is 48.9 Å². The van der Waals surface area contributed by atoms with E-state index in [1.165, 1.54) is 0 Å². The second-order valence-electron chi connectivity index (χ2n) is 9.48. The van der Waals surface area contributed by atoms with Gasteiger partial charge in [-0.25, -0.2) is 9.53 Å². The van der Waals surface area contributed by atoms with E-state index in [1.807, 2.05) is 25.2 Å². The summed E-state index contributed by atoms with van der Waals surface area (Å²) in [5.41, 5.74) is 4.54. The van der Waals surface area contributed by atoms with E-state index in [-0.39, 0.29) is 5.91 Å². The lowest BCUT2D eigenvalue weighted by molar-refractivity contribution is 0.0780. The maximum Gasteiger partial charge on any atom is 0.253 e. The Balaban J connectivity index is 1.76. The molecule has 32 heavy (non-hydrogen) atoms. The summed E-state index contributed by atoms with van der Waals surface area (Å²) >= 11 is 6.37. The Labute approximate surface area is 194 Å². The van der Waals surface area contributed by atoms with Crippen LogP contribution in [0.15, 0.2) is 30.3 Å². The van der Waals surface area contributed by atoms with E-state index in [0.29, 0.717) is 29.6 Å². The van der Waals surface area contributed by atoms with Gasteiger partial charge in [-0.3, -0.25) is 4.79 Å². The van der Waals surface area contributed by atoms with Gasteiger partial charge in [-0.05, 0) is 36.2 Å². The molecule has 4 rings (SSSR count). The highest BCUT2D eigenvalue weighted by molar-refractivity contribution is 6.76. The highest BCUT2D eigenvalue weighted by Gasteiger charge is 2.23. The molecule has 0 N–H and O–H groups in total. The van der Waals surface area contributed by atoms with Gasteiger partial charge in [-0.1, -0.05) is 43.4 Å². The summed E-state index contributed by atoms with van der Waals surface area (Å²) in [4.78, 5) is 18.0. The molecule has 0 aliphatic carbocycles. The van der Waals surface area contributed by atoms with E-state index in [0.717, 1.165) is 46.7 Å². The van der Waals surface area contributed by atoms with Crippen molar-refractivity contribution in [2.24, 2.45) is 0 Å². The minimum Gasteiger partial charge on any atom is -0.360 e. The molecule has 1 aliphatic rings. The Morgan fingerprint density at radius 1 is 1.25 bits per heavy atom. The van der Waals surface area contributed by atoms with E-state index in [4.69, 9.17) is 28.0 Å². The molecule has 0 fully saturated rings. The minimum absolute atomic E-state index is 0.0276. The van der Waals surface area contributed by atoms with Gasteiger partial charge in [-0.15, -0.1) is 0 Å². The number of carbonyl (C=O) groups excluding carboxylic acids is 1. The number of aromatic nitrogens is 2. The summed E-state index contributed by atoms with van der Waals surface area (Å²) in [5.74, 6) is 0.0276. The third-order valence-corrected chi connectivity index (χ3v) is 7.83. The van der Waals surface area contributed by atoms with Crippen LogP contribution in [0.2, 0.25) is 30.7 Å². The van der Waals surface area contributed by atoms with Crippen LogP contribution in [-0.2, 0) is 17.9 Å². The van der Waals surface area contributed by atoms with E-state index >= 15 is 0 Å². The first-order valence-electron chi connectivity index (χ1n) is 10.7. The third kappa shape index (κ3) is 4.44. The van der Waals surface area contributed by atoms with Crippen LogP contribution in [0.25, 0.3) is 27.0 Å². The van der Waals surface area contributed by atoms with Gasteiger partial charge in [0.25, 0.3) is 5.91 Å². The zero-order chi connectivity index (χ0) is 23.0. The molecule has 1 amide bonds. The van der Waals surface area contributed by atoms with Crippen molar-refractivity contribution in [3.63, 3.8) is 0 Å². The molecule has 0 saturated heterocycles. The average Bonchev–Trinajstić information content (AvgIpc) is 3.09. The van der Waals surface area contributed by atoms with Crippen LogP contribution in [0.4, 0.5) is 5.69 Å². The van der Waals surface area contributed by atoms with Crippen molar-refractivity contribution in [1.29, 1.82) is 0 Å². The van der Waals surface area contributed by atoms with Gasteiger partial charge < -0.3 is 9.64 Å². The Morgan fingerprint density at radius 2 is 2.03 bits per heavy atom.